The van der Waals surface area contributed by atoms with Gasteiger partial charge in [0.05, 0.1) is 22.8 Å². The molecule has 1 aliphatic rings. The zero-order valence-corrected chi connectivity index (χ0v) is 14.5. The number of hydrogen-bond donors (Lipinski definition) is 0. The Hall–Kier alpha value is -3.18. The number of hydrogen-bond acceptors (Lipinski definition) is 6. The van der Waals surface area contributed by atoms with Crippen LogP contribution in [0, 0.1) is 17.1 Å². The summed E-state index contributed by atoms with van der Waals surface area (Å²) in [4.78, 5) is 12.6. The van der Waals surface area contributed by atoms with Gasteiger partial charge in [0, 0.05) is 11.9 Å². The van der Waals surface area contributed by atoms with E-state index in [2.05, 4.69) is 0 Å². The summed E-state index contributed by atoms with van der Waals surface area (Å²) >= 11 is 0. The minimum atomic E-state index is -4.03. The molecule has 0 fully saturated rings. The molecule has 1 aliphatic heterocycles. The summed E-state index contributed by atoms with van der Waals surface area (Å²) in [5, 5.41) is 9.21. The standard InChI is InChI=1S/C18H13FN2O4S/c1-2-25-18(22)12-4-3-5-14(8-12)21-11-15(10-20)26(23,24)17-7-6-13(19)9-16(17)21/h3-9,11H,2H2,1H3. The summed E-state index contributed by atoms with van der Waals surface area (Å²) in [6.45, 7) is 1.88. The van der Waals surface area contributed by atoms with Gasteiger partial charge in [0.1, 0.15) is 11.9 Å². The molecule has 0 spiro atoms. The number of allylic oxidation sites excluding steroid dienone is 1. The van der Waals surface area contributed by atoms with Crippen molar-refractivity contribution in [3.8, 4) is 6.07 Å². The van der Waals surface area contributed by atoms with Gasteiger partial charge in [-0.1, -0.05) is 6.07 Å². The van der Waals surface area contributed by atoms with Gasteiger partial charge in [-0.3, -0.25) is 0 Å². The van der Waals surface area contributed by atoms with Crippen LogP contribution in [-0.4, -0.2) is 21.0 Å². The lowest BCUT2D eigenvalue weighted by atomic mass is 10.1. The zero-order valence-electron chi connectivity index (χ0n) is 13.6. The van der Waals surface area contributed by atoms with Crippen LogP contribution in [0.4, 0.5) is 15.8 Å². The maximum atomic E-state index is 13.7. The minimum Gasteiger partial charge on any atom is -0.462 e. The number of halogens is 1. The first-order valence-electron chi connectivity index (χ1n) is 7.61. The highest BCUT2D eigenvalue weighted by atomic mass is 32.2. The van der Waals surface area contributed by atoms with E-state index in [9.17, 15) is 22.9 Å². The normalized spacial score (nSPS) is 14.8. The van der Waals surface area contributed by atoms with E-state index in [0.717, 1.165) is 24.4 Å². The van der Waals surface area contributed by atoms with Crippen molar-refractivity contribution in [3.63, 3.8) is 0 Å². The van der Waals surface area contributed by atoms with Gasteiger partial charge in [0.25, 0.3) is 0 Å². The molecule has 26 heavy (non-hydrogen) atoms. The topological polar surface area (TPSA) is 87.5 Å². The molecule has 6 nitrogen and oxygen atoms in total. The number of ether oxygens (including phenoxy) is 1. The average Bonchev–Trinajstić information content (AvgIpc) is 2.62. The minimum absolute atomic E-state index is 0.0602. The summed E-state index contributed by atoms with van der Waals surface area (Å²) in [5.41, 5.74) is 0.706. The predicted octanol–water partition coefficient (Wildman–Crippen LogP) is 3.29. The van der Waals surface area contributed by atoms with Crippen LogP contribution in [0.1, 0.15) is 17.3 Å². The smallest absolute Gasteiger partial charge is 0.338 e. The van der Waals surface area contributed by atoms with Crippen LogP contribution in [0.15, 0.2) is 58.5 Å². The lowest BCUT2D eigenvalue weighted by Crippen LogP contribution is -2.21. The second kappa shape index (κ2) is 6.61. The number of carbonyl (C=O) groups is 1. The number of nitrogens with zero attached hydrogens (tertiary/aromatic N) is 2. The fourth-order valence-electron chi connectivity index (χ4n) is 2.58. The number of nitriles is 1. The van der Waals surface area contributed by atoms with Gasteiger partial charge in [-0.2, -0.15) is 5.26 Å². The maximum absolute atomic E-state index is 13.7. The van der Waals surface area contributed by atoms with E-state index < -0.39 is 26.5 Å². The molecular weight excluding hydrogens is 359 g/mol. The third kappa shape index (κ3) is 2.93. The molecule has 2 aromatic carbocycles. The van der Waals surface area contributed by atoms with Gasteiger partial charge in [0.15, 0.2) is 4.91 Å². The molecular formula is C18H13FN2O4S. The number of anilines is 2. The monoisotopic (exact) mass is 372 g/mol. The van der Waals surface area contributed by atoms with Crippen LogP contribution in [0.3, 0.4) is 0 Å². The van der Waals surface area contributed by atoms with Crippen molar-refractivity contribution in [2.45, 2.75) is 11.8 Å². The summed E-state index contributed by atoms with van der Waals surface area (Å²) in [5.74, 6) is -1.16. The van der Waals surface area contributed by atoms with Crippen molar-refractivity contribution in [2.24, 2.45) is 0 Å². The van der Waals surface area contributed by atoms with Crippen LogP contribution < -0.4 is 4.90 Å². The number of carbonyl (C=O) groups excluding carboxylic acids is 1. The molecule has 0 bridgehead atoms. The second-order valence-electron chi connectivity index (χ2n) is 5.36. The lowest BCUT2D eigenvalue weighted by Gasteiger charge is -2.27. The Morgan fingerprint density at radius 1 is 1.27 bits per heavy atom. The van der Waals surface area contributed by atoms with Crippen LogP contribution in [0.25, 0.3) is 0 Å². The summed E-state index contributed by atoms with van der Waals surface area (Å²) < 4.78 is 43.6. The van der Waals surface area contributed by atoms with Crippen molar-refractivity contribution < 1.29 is 22.3 Å². The van der Waals surface area contributed by atoms with Gasteiger partial charge in [-0.25, -0.2) is 17.6 Å². The Labute approximate surface area is 149 Å². The van der Waals surface area contributed by atoms with Crippen molar-refractivity contribution in [2.75, 3.05) is 11.5 Å². The quantitative estimate of drug-likeness (QED) is 0.607. The molecule has 2 aromatic rings. The molecule has 132 valence electrons. The van der Waals surface area contributed by atoms with Crippen molar-refractivity contribution in [3.05, 3.63) is 65.0 Å². The number of esters is 1. The van der Waals surface area contributed by atoms with Gasteiger partial charge in [-0.05, 0) is 43.3 Å². The van der Waals surface area contributed by atoms with Gasteiger partial charge in [-0.15, -0.1) is 0 Å². The van der Waals surface area contributed by atoms with Gasteiger partial charge in [0.2, 0.25) is 9.84 Å². The number of rotatable bonds is 3. The van der Waals surface area contributed by atoms with Crippen molar-refractivity contribution in [1.29, 1.82) is 5.26 Å². The number of fused-ring (bicyclic) bond motifs is 1. The summed E-state index contributed by atoms with van der Waals surface area (Å²) in [6, 6.07) is 11.1. The first kappa shape index (κ1) is 17.6. The largest absolute Gasteiger partial charge is 0.462 e. The van der Waals surface area contributed by atoms with E-state index in [-0.39, 0.29) is 22.8 Å². The molecule has 1 heterocycles. The fraction of sp³-hybridized carbons (Fsp3) is 0.111. The Balaban J connectivity index is 2.19. The molecule has 0 saturated carbocycles. The molecule has 0 aliphatic carbocycles. The first-order chi connectivity index (χ1) is 12.4. The molecule has 0 N–H and O–H groups in total. The van der Waals surface area contributed by atoms with Crippen LogP contribution in [0.2, 0.25) is 0 Å². The van der Waals surface area contributed by atoms with Gasteiger partial charge < -0.3 is 9.64 Å². The van der Waals surface area contributed by atoms with E-state index in [1.807, 2.05) is 0 Å². The Morgan fingerprint density at radius 2 is 2.04 bits per heavy atom. The maximum Gasteiger partial charge on any atom is 0.338 e. The first-order valence-corrected chi connectivity index (χ1v) is 9.09. The van der Waals surface area contributed by atoms with E-state index in [1.54, 1.807) is 31.2 Å². The summed E-state index contributed by atoms with van der Waals surface area (Å²) in [6.07, 6.45) is 1.11. The third-order valence-electron chi connectivity index (χ3n) is 3.75. The Kier molecular flexibility index (Phi) is 4.49. The molecule has 0 amide bonds. The Bertz CT molecular complexity index is 1070. The van der Waals surface area contributed by atoms with Crippen LogP contribution >= 0.6 is 0 Å². The highest BCUT2D eigenvalue weighted by Crippen LogP contribution is 2.39. The lowest BCUT2D eigenvalue weighted by molar-refractivity contribution is 0.0526. The van der Waals surface area contributed by atoms with Gasteiger partial charge >= 0.3 is 5.97 Å². The molecule has 0 atom stereocenters. The Morgan fingerprint density at radius 3 is 2.73 bits per heavy atom. The third-order valence-corrected chi connectivity index (χ3v) is 5.45. The van der Waals surface area contributed by atoms with E-state index in [1.165, 1.54) is 11.0 Å². The molecule has 0 radical (unpaired) electrons. The zero-order chi connectivity index (χ0) is 18.9. The SMILES string of the molecule is CCOC(=O)c1cccc(N2C=C(C#N)S(=O)(=O)c3ccc(F)cc32)c1. The van der Waals surface area contributed by atoms with Crippen molar-refractivity contribution >= 4 is 27.2 Å². The van der Waals surface area contributed by atoms with E-state index >= 15 is 0 Å². The van der Waals surface area contributed by atoms with Crippen LogP contribution in [-0.2, 0) is 14.6 Å². The van der Waals surface area contributed by atoms with E-state index in [0.29, 0.717) is 5.69 Å². The molecule has 0 aromatic heterocycles. The molecule has 3 rings (SSSR count). The fourth-order valence-corrected chi connectivity index (χ4v) is 3.86. The predicted molar refractivity (Wildman–Crippen MR) is 91.8 cm³/mol. The highest BCUT2D eigenvalue weighted by molar-refractivity contribution is 7.95. The highest BCUT2D eigenvalue weighted by Gasteiger charge is 2.32. The average molecular weight is 372 g/mol. The van der Waals surface area contributed by atoms with E-state index in [4.69, 9.17) is 4.74 Å². The molecule has 0 saturated heterocycles. The molecule has 8 heteroatoms. The number of sulfone groups is 1. The number of benzene rings is 2. The van der Waals surface area contributed by atoms with Crippen molar-refractivity contribution in [1.82, 2.24) is 0 Å². The molecule has 0 unspecified atom stereocenters. The second-order valence-corrected chi connectivity index (χ2v) is 7.25. The summed E-state index contributed by atoms with van der Waals surface area (Å²) in [7, 11) is -4.03. The van der Waals surface area contributed by atoms with Crippen LogP contribution in [0.5, 0.6) is 0 Å².